The van der Waals surface area contributed by atoms with Gasteiger partial charge in [-0.2, -0.15) is 26.3 Å². The van der Waals surface area contributed by atoms with Gasteiger partial charge in [0.15, 0.2) is 0 Å². The SMILES string of the molecule is FC(F)(F)c1cccc(N=CNc2cccc(C(F)(F)F)c2)c1. The van der Waals surface area contributed by atoms with Crippen LogP contribution in [0.1, 0.15) is 11.1 Å². The van der Waals surface area contributed by atoms with Crippen LogP contribution in [-0.2, 0) is 12.4 Å². The number of nitrogens with zero attached hydrogens (tertiary/aromatic N) is 1. The Morgan fingerprint density at radius 2 is 1.35 bits per heavy atom. The van der Waals surface area contributed by atoms with Gasteiger partial charge in [0.1, 0.15) is 0 Å². The van der Waals surface area contributed by atoms with E-state index in [1.165, 1.54) is 24.3 Å². The number of rotatable bonds is 3. The Labute approximate surface area is 127 Å². The van der Waals surface area contributed by atoms with E-state index in [2.05, 4.69) is 10.3 Å². The van der Waals surface area contributed by atoms with E-state index in [0.717, 1.165) is 30.6 Å². The fraction of sp³-hybridized carbons (Fsp3) is 0.133. The zero-order valence-electron chi connectivity index (χ0n) is 11.4. The van der Waals surface area contributed by atoms with Crippen molar-refractivity contribution >= 4 is 17.7 Å². The second kappa shape index (κ2) is 6.31. The van der Waals surface area contributed by atoms with E-state index in [0.29, 0.717) is 0 Å². The lowest BCUT2D eigenvalue weighted by atomic mass is 10.2. The van der Waals surface area contributed by atoms with Gasteiger partial charge in [0, 0.05) is 5.69 Å². The molecule has 0 spiro atoms. The third kappa shape index (κ3) is 4.73. The zero-order valence-corrected chi connectivity index (χ0v) is 11.4. The number of halogens is 6. The first-order valence-corrected chi connectivity index (χ1v) is 6.30. The minimum atomic E-state index is -4.49. The van der Waals surface area contributed by atoms with Crippen molar-refractivity contribution in [2.24, 2.45) is 4.99 Å². The molecule has 0 aliphatic carbocycles. The Balaban J connectivity index is 2.11. The average molecular weight is 332 g/mol. The molecule has 2 rings (SSSR count). The summed E-state index contributed by atoms with van der Waals surface area (Å²) in [5.74, 6) is 0. The van der Waals surface area contributed by atoms with Crippen LogP contribution in [0.5, 0.6) is 0 Å². The third-order valence-corrected chi connectivity index (χ3v) is 2.81. The maximum atomic E-state index is 12.5. The molecule has 0 aliphatic heterocycles. The molecule has 0 bridgehead atoms. The van der Waals surface area contributed by atoms with Crippen molar-refractivity contribution in [3.63, 3.8) is 0 Å². The van der Waals surface area contributed by atoms with E-state index in [1.54, 1.807) is 0 Å². The van der Waals surface area contributed by atoms with Crippen LogP contribution in [0.4, 0.5) is 37.7 Å². The van der Waals surface area contributed by atoms with Crippen LogP contribution in [0.3, 0.4) is 0 Å². The van der Waals surface area contributed by atoms with Crippen molar-refractivity contribution in [2.75, 3.05) is 5.32 Å². The Kier molecular flexibility index (Phi) is 4.63. The van der Waals surface area contributed by atoms with Crippen molar-refractivity contribution < 1.29 is 26.3 Å². The molecule has 0 atom stereocenters. The molecule has 122 valence electrons. The molecule has 1 N–H and O–H groups in total. The summed E-state index contributed by atoms with van der Waals surface area (Å²) in [6, 6.07) is 8.66. The van der Waals surface area contributed by atoms with Crippen molar-refractivity contribution in [3.8, 4) is 0 Å². The molecular formula is C15H10F6N2. The molecule has 0 saturated heterocycles. The lowest BCUT2D eigenvalue weighted by Crippen LogP contribution is -2.05. The van der Waals surface area contributed by atoms with Crippen LogP contribution < -0.4 is 5.32 Å². The summed E-state index contributed by atoms with van der Waals surface area (Å²) in [5.41, 5.74) is -1.55. The molecule has 0 heterocycles. The van der Waals surface area contributed by atoms with Gasteiger partial charge in [0.25, 0.3) is 0 Å². The highest BCUT2D eigenvalue weighted by Gasteiger charge is 2.31. The monoisotopic (exact) mass is 332 g/mol. The summed E-state index contributed by atoms with van der Waals surface area (Å²) in [6.07, 6.45) is -7.93. The summed E-state index contributed by atoms with van der Waals surface area (Å²) in [6.45, 7) is 0. The molecule has 2 nitrogen and oxygen atoms in total. The lowest BCUT2D eigenvalue weighted by Gasteiger charge is -2.08. The zero-order chi connectivity index (χ0) is 17.1. The maximum absolute atomic E-state index is 12.5. The van der Waals surface area contributed by atoms with Crippen molar-refractivity contribution in [1.82, 2.24) is 0 Å². The fourth-order valence-corrected chi connectivity index (χ4v) is 1.73. The summed E-state index contributed by atoms with van der Waals surface area (Å²) in [4.78, 5) is 3.75. The second-order valence-electron chi connectivity index (χ2n) is 4.53. The quantitative estimate of drug-likeness (QED) is 0.448. The summed E-state index contributed by atoms with van der Waals surface area (Å²) < 4.78 is 75.2. The molecule has 0 amide bonds. The van der Waals surface area contributed by atoms with Crippen molar-refractivity contribution in [1.29, 1.82) is 0 Å². The van der Waals surface area contributed by atoms with Gasteiger partial charge in [0.05, 0.1) is 23.2 Å². The van der Waals surface area contributed by atoms with E-state index in [-0.39, 0.29) is 11.4 Å². The van der Waals surface area contributed by atoms with Crippen molar-refractivity contribution in [2.45, 2.75) is 12.4 Å². The fourth-order valence-electron chi connectivity index (χ4n) is 1.73. The summed E-state index contributed by atoms with van der Waals surface area (Å²) >= 11 is 0. The van der Waals surface area contributed by atoms with Gasteiger partial charge in [-0.3, -0.25) is 0 Å². The number of alkyl halides is 6. The number of hydrogen-bond acceptors (Lipinski definition) is 1. The molecule has 0 aliphatic rings. The Bertz CT molecular complexity index is 704. The predicted octanol–water partition coefficient (Wildman–Crippen LogP) is 5.50. The largest absolute Gasteiger partial charge is 0.416 e. The second-order valence-corrected chi connectivity index (χ2v) is 4.53. The van der Waals surface area contributed by atoms with Gasteiger partial charge in [-0.25, -0.2) is 4.99 Å². The van der Waals surface area contributed by atoms with Crippen LogP contribution >= 0.6 is 0 Å². The normalized spacial score (nSPS) is 12.6. The minimum Gasteiger partial charge on any atom is -0.346 e. The highest BCUT2D eigenvalue weighted by molar-refractivity contribution is 5.78. The van der Waals surface area contributed by atoms with E-state index in [4.69, 9.17) is 0 Å². The first-order chi connectivity index (χ1) is 10.7. The van der Waals surface area contributed by atoms with Gasteiger partial charge in [-0.1, -0.05) is 12.1 Å². The molecule has 0 fully saturated rings. The Morgan fingerprint density at radius 3 is 1.96 bits per heavy atom. The Hall–Kier alpha value is -2.51. The number of benzene rings is 2. The number of aliphatic imine (C=N–C) groups is 1. The minimum absolute atomic E-state index is 0.0271. The van der Waals surface area contributed by atoms with Crippen molar-refractivity contribution in [3.05, 3.63) is 59.7 Å². The predicted molar refractivity (Wildman–Crippen MR) is 74.7 cm³/mol. The highest BCUT2D eigenvalue weighted by atomic mass is 19.4. The molecule has 2 aromatic rings. The Morgan fingerprint density at radius 1 is 0.783 bits per heavy atom. The molecule has 0 saturated carbocycles. The van der Waals surface area contributed by atoms with Gasteiger partial charge in [-0.05, 0) is 36.4 Å². The molecule has 0 aromatic heterocycles. The number of nitrogens with one attached hydrogen (secondary N) is 1. The summed E-state index contributed by atoms with van der Waals surface area (Å²) in [7, 11) is 0. The van der Waals surface area contributed by atoms with Crippen LogP contribution in [0, 0.1) is 0 Å². The maximum Gasteiger partial charge on any atom is 0.416 e. The molecule has 0 radical (unpaired) electrons. The van der Waals surface area contributed by atoms with E-state index in [9.17, 15) is 26.3 Å². The molecule has 8 heteroatoms. The highest BCUT2D eigenvalue weighted by Crippen LogP contribution is 2.32. The summed E-state index contributed by atoms with van der Waals surface area (Å²) in [5, 5.41) is 2.49. The smallest absolute Gasteiger partial charge is 0.346 e. The average Bonchev–Trinajstić information content (AvgIpc) is 2.46. The first kappa shape index (κ1) is 16.9. The molecule has 2 aromatic carbocycles. The molecule has 0 unspecified atom stereocenters. The lowest BCUT2D eigenvalue weighted by molar-refractivity contribution is -0.138. The number of anilines is 1. The molecule has 23 heavy (non-hydrogen) atoms. The van der Waals surface area contributed by atoms with Crippen LogP contribution in [0.2, 0.25) is 0 Å². The third-order valence-electron chi connectivity index (χ3n) is 2.81. The van der Waals surface area contributed by atoms with Gasteiger partial charge in [0.2, 0.25) is 0 Å². The standard InChI is InChI=1S/C15H10F6N2/c16-14(17,18)10-3-1-5-12(7-10)22-9-23-13-6-2-4-11(8-13)15(19,20)21/h1-9H,(H,22,23). The molecular weight excluding hydrogens is 322 g/mol. The van der Waals surface area contributed by atoms with Gasteiger partial charge < -0.3 is 5.32 Å². The van der Waals surface area contributed by atoms with E-state index in [1.807, 2.05) is 0 Å². The van der Waals surface area contributed by atoms with Crippen LogP contribution in [-0.4, -0.2) is 6.34 Å². The van der Waals surface area contributed by atoms with Gasteiger partial charge in [-0.15, -0.1) is 0 Å². The van der Waals surface area contributed by atoms with Gasteiger partial charge >= 0.3 is 12.4 Å². The van der Waals surface area contributed by atoms with E-state index >= 15 is 0 Å². The van der Waals surface area contributed by atoms with Crippen LogP contribution in [0.15, 0.2) is 53.5 Å². The van der Waals surface area contributed by atoms with E-state index < -0.39 is 23.5 Å². The topological polar surface area (TPSA) is 24.4 Å². The number of hydrogen-bond donors (Lipinski definition) is 1. The first-order valence-electron chi connectivity index (χ1n) is 6.30. The van der Waals surface area contributed by atoms with Crippen LogP contribution in [0.25, 0.3) is 0 Å².